The first-order chi connectivity index (χ1) is 9.96. The second kappa shape index (κ2) is 7.10. The van der Waals surface area contributed by atoms with Gasteiger partial charge in [-0.2, -0.15) is 0 Å². The Kier molecular flexibility index (Phi) is 5.67. The van der Waals surface area contributed by atoms with Gasteiger partial charge in [-0.25, -0.2) is 0 Å². The first-order valence-electron chi connectivity index (χ1n) is 5.97. The van der Waals surface area contributed by atoms with Crippen molar-refractivity contribution < 1.29 is 9.47 Å². The van der Waals surface area contributed by atoms with Crippen LogP contribution >= 0.6 is 50.7 Å². The van der Waals surface area contributed by atoms with Gasteiger partial charge in [0.25, 0.3) is 0 Å². The maximum Gasteiger partial charge on any atom is 0.162 e. The van der Waals surface area contributed by atoms with E-state index in [2.05, 4.69) is 15.9 Å². The van der Waals surface area contributed by atoms with E-state index in [9.17, 15) is 0 Å². The molecule has 2 rings (SSSR count). The zero-order valence-corrected chi connectivity index (χ0v) is 15.1. The van der Waals surface area contributed by atoms with Crippen molar-refractivity contribution in [2.24, 2.45) is 0 Å². The molecule has 2 aromatic rings. The molecule has 1 atom stereocenters. The van der Waals surface area contributed by atoms with E-state index < -0.39 is 0 Å². The number of benzene rings is 2. The van der Waals surface area contributed by atoms with E-state index in [0.717, 1.165) is 11.1 Å². The summed E-state index contributed by atoms with van der Waals surface area (Å²) in [4.78, 5) is -0.166. The van der Waals surface area contributed by atoms with Crippen molar-refractivity contribution in [3.63, 3.8) is 0 Å². The molecule has 1 unspecified atom stereocenters. The third-order valence-corrected chi connectivity index (χ3v) is 4.74. The van der Waals surface area contributed by atoms with Gasteiger partial charge in [0.15, 0.2) is 11.5 Å². The van der Waals surface area contributed by atoms with Crippen molar-refractivity contribution in [3.8, 4) is 11.5 Å². The van der Waals surface area contributed by atoms with E-state index in [4.69, 9.17) is 44.3 Å². The molecule has 0 bridgehead atoms. The van der Waals surface area contributed by atoms with E-state index in [0.29, 0.717) is 26.6 Å². The second-order valence-corrected chi connectivity index (χ2v) is 6.49. The lowest BCUT2D eigenvalue weighted by Gasteiger charge is -2.16. The molecule has 0 heterocycles. The molecule has 112 valence electrons. The smallest absolute Gasteiger partial charge is 0.162 e. The van der Waals surface area contributed by atoms with Crippen LogP contribution in [0.1, 0.15) is 16.0 Å². The minimum atomic E-state index is -0.166. The van der Waals surface area contributed by atoms with E-state index in [-0.39, 0.29) is 4.83 Å². The summed E-state index contributed by atoms with van der Waals surface area (Å²) in [5.41, 5.74) is 1.74. The van der Waals surface area contributed by atoms with Gasteiger partial charge < -0.3 is 9.47 Å². The third kappa shape index (κ3) is 3.78. The molecule has 6 heteroatoms. The predicted molar refractivity (Wildman–Crippen MR) is 91.8 cm³/mol. The van der Waals surface area contributed by atoms with Crippen LogP contribution in [-0.2, 0) is 0 Å². The predicted octanol–water partition coefficient (Wildman–Crippen LogP) is 6.15. The Morgan fingerprint density at radius 1 is 0.857 bits per heavy atom. The number of methoxy groups -OCH3 is 2. The van der Waals surface area contributed by atoms with Crippen molar-refractivity contribution >= 4 is 50.7 Å². The van der Waals surface area contributed by atoms with Crippen molar-refractivity contribution in [1.29, 1.82) is 0 Å². The summed E-state index contributed by atoms with van der Waals surface area (Å²) in [5, 5.41) is 1.70. The maximum absolute atomic E-state index is 6.33. The average molecular weight is 411 g/mol. The van der Waals surface area contributed by atoms with Gasteiger partial charge in [-0.3, -0.25) is 0 Å². The molecule has 21 heavy (non-hydrogen) atoms. The monoisotopic (exact) mass is 408 g/mol. The molecule has 2 nitrogen and oxygen atoms in total. The Balaban J connectivity index is 2.49. The van der Waals surface area contributed by atoms with Crippen LogP contribution in [0.2, 0.25) is 15.1 Å². The lowest BCUT2D eigenvalue weighted by Crippen LogP contribution is -1.98. The van der Waals surface area contributed by atoms with Crippen molar-refractivity contribution in [2.75, 3.05) is 14.2 Å². The Morgan fingerprint density at radius 3 is 1.90 bits per heavy atom. The Morgan fingerprint density at radius 2 is 1.38 bits per heavy atom. The molecule has 0 spiro atoms. The summed E-state index contributed by atoms with van der Waals surface area (Å²) in [7, 11) is 3.14. The zero-order valence-electron chi connectivity index (χ0n) is 11.3. The van der Waals surface area contributed by atoms with Crippen LogP contribution in [0.4, 0.5) is 0 Å². The number of halogens is 4. The molecule has 0 saturated heterocycles. The fourth-order valence-corrected chi connectivity index (χ4v) is 3.55. The van der Waals surface area contributed by atoms with E-state index >= 15 is 0 Å². The highest BCUT2D eigenvalue weighted by atomic mass is 79.9. The lowest BCUT2D eigenvalue weighted by atomic mass is 10.0. The minimum Gasteiger partial charge on any atom is -0.493 e. The van der Waals surface area contributed by atoms with Crippen LogP contribution in [0.5, 0.6) is 11.5 Å². The van der Waals surface area contributed by atoms with Gasteiger partial charge in [-0.1, -0.05) is 50.7 Å². The highest BCUT2D eigenvalue weighted by Crippen LogP contribution is 2.42. The number of rotatable bonds is 4. The molecular weight excluding hydrogens is 398 g/mol. The van der Waals surface area contributed by atoms with Crippen LogP contribution < -0.4 is 9.47 Å². The number of hydrogen-bond donors (Lipinski definition) is 0. The topological polar surface area (TPSA) is 18.5 Å². The van der Waals surface area contributed by atoms with Gasteiger partial charge in [0.1, 0.15) is 0 Å². The average Bonchev–Trinajstić information content (AvgIpc) is 2.45. The van der Waals surface area contributed by atoms with Crippen molar-refractivity contribution in [2.45, 2.75) is 4.83 Å². The number of ether oxygens (including phenoxy) is 2. The van der Waals surface area contributed by atoms with Gasteiger partial charge in [-0.05, 0) is 35.4 Å². The summed E-state index contributed by atoms with van der Waals surface area (Å²) in [6.07, 6.45) is 0. The van der Waals surface area contributed by atoms with Gasteiger partial charge in [0.2, 0.25) is 0 Å². The van der Waals surface area contributed by atoms with Crippen LogP contribution in [-0.4, -0.2) is 14.2 Å². The van der Waals surface area contributed by atoms with Gasteiger partial charge in [-0.15, -0.1) is 0 Å². The van der Waals surface area contributed by atoms with Gasteiger partial charge in [0.05, 0.1) is 19.0 Å². The molecule has 0 aliphatic heterocycles. The summed E-state index contributed by atoms with van der Waals surface area (Å²) < 4.78 is 10.5. The molecular formula is C15H12BrCl3O2. The van der Waals surface area contributed by atoms with E-state index in [1.165, 1.54) is 0 Å². The van der Waals surface area contributed by atoms with Crippen LogP contribution in [0.3, 0.4) is 0 Å². The first kappa shape index (κ1) is 16.8. The standard InChI is InChI=1S/C15H12BrCl3O2/c1-20-13-6-11(12(19)7-14(13)21-2)15(16)8-3-9(17)5-10(18)4-8/h3-7,15H,1-2H3. The highest BCUT2D eigenvalue weighted by Gasteiger charge is 2.18. The molecule has 0 saturated carbocycles. The number of alkyl halides is 1. The van der Waals surface area contributed by atoms with Crippen LogP contribution in [0.15, 0.2) is 30.3 Å². The normalized spacial score (nSPS) is 12.1. The SMILES string of the molecule is COc1cc(Cl)c(C(Br)c2cc(Cl)cc(Cl)c2)cc1OC. The van der Waals surface area contributed by atoms with E-state index in [1.54, 1.807) is 26.4 Å². The summed E-state index contributed by atoms with van der Waals surface area (Å²) in [6.45, 7) is 0. The summed E-state index contributed by atoms with van der Waals surface area (Å²) >= 11 is 22.0. The second-order valence-electron chi connectivity index (χ2n) is 4.29. The molecule has 2 aromatic carbocycles. The third-order valence-electron chi connectivity index (χ3n) is 2.95. The fraction of sp³-hybridized carbons (Fsp3) is 0.200. The fourth-order valence-electron chi connectivity index (χ4n) is 1.97. The summed E-state index contributed by atoms with van der Waals surface area (Å²) in [5.74, 6) is 1.18. The molecule has 0 aliphatic rings. The largest absolute Gasteiger partial charge is 0.493 e. The highest BCUT2D eigenvalue weighted by molar-refractivity contribution is 9.09. The molecule has 0 N–H and O–H groups in total. The van der Waals surface area contributed by atoms with Crippen LogP contribution in [0.25, 0.3) is 0 Å². The summed E-state index contributed by atoms with van der Waals surface area (Å²) in [6, 6.07) is 8.90. The minimum absolute atomic E-state index is 0.166. The molecule has 0 aliphatic carbocycles. The van der Waals surface area contributed by atoms with Gasteiger partial charge >= 0.3 is 0 Å². The van der Waals surface area contributed by atoms with Crippen molar-refractivity contribution in [1.82, 2.24) is 0 Å². The van der Waals surface area contributed by atoms with Crippen molar-refractivity contribution in [3.05, 3.63) is 56.5 Å². The lowest BCUT2D eigenvalue weighted by molar-refractivity contribution is 0.354. The van der Waals surface area contributed by atoms with Gasteiger partial charge in [0, 0.05) is 21.1 Å². The quantitative estimate of drug-likeness (QED) is 0.563. The Bertz CT molecular complexity index is 641. The van der Waals surface area contributed by atoms with E-state index in [1.807, 2.05) is 18.2 Å². The zero-order chi connectivity index (χ0) is 15.6. The molecule has 0 aromatic heterocycles. The first-order valence-corrected chi connectivity index (χ1v) is 8.02. The molecule has 0 amide bonds. The number of hydrogen-bond acceptors (Lipinski definition) is 2. The maximum atomic E-state index is 6.33. The van der Waals surface area contributed by atoms with Crippen LogP contribution in [0, 0.1) is 0 Å². The molecule has 0 fully saturated rings. The molecule has 0 radical (unpaired) electrons. The Hall–Kier alpha value is -0.610. The Labute approximate surface area is 147 Å².